The molecule has 1 atom stereocenters. The monoisotopic (exact) mass is 295 g/mol. The Bertz CT molecular complexity index is 276. The van der Waals surface area contributed by atoms with Crippen molar-refractivity contribution in [2.24, 2.45) is 0 Å². The average molecular weight is 294 g/mol. The summed E-state index contributed by atoms with van der Waals surface area (Å²) < 4.78 is 0.760. The molecule has 1 heteroatoms. The van der Waals surface area contributed by atoms with Crippen LogP contribution in [0.1, 0.15) is 14.8 Å². The first kappa shape index (κ1) is 6.53. The Hall–Kier alpha value is -0.170. The Morgan fingerprint density at radius 3 is 2.80 bits per heavy atom. The van der Waals surface area contributed by atoms with Crippen LogP contribution in [0.15, 0.2) is 30.3 Å². The summed E-state index contributed by atoms with van der Waals surface area (Å²) in [6.07, 6.45) is 4.53. The molecule has 0 saturated carbocycles. The number of hydrogen-bond acceptors (Lipinski definition) is 0. The van der Waals surface area contributed by atoms with E-state index in [0.29, 0.717) is 0 Å². The summed E-state index contributed by atoms with van der Waals surface area (Å²) in [6.45, 7) is 0. The van der Waals surface area contributed by atoms with Crippen molar-refractivity contribution in [1.82, 2.24) is 0 Å². The van der Waals surface area contributed by atoms with Gasteiger partial charge in [0, 0.05) is 0 Å². The Balaban J connectivity index is 2.59. The average Bonchev–Trinajstić information content (AvgIpc) is 2.34. The third-order valence-corrected chi connectivity index (χ3v) is 3.61. The van der Waals surface area contributed by atoms with E-state index in [1.165, 1.54) is 35.5 Å². The Morgan fingerprint density at radius 1 is 1.20 bits per heavy atom. The molecule has 0 spiro atoms. The predicted octanol–water partition coefficient (Wildman–Crippen LogP) is 2.30. The fourth-order valence-electron chi connectivity index (χ4n) is 1.25. The van der Waals surface area contributed by atoms with Crippen LogP contribution in [0.25, 0.3) is 6.08 Å². The number of rotatable bonds is 0. The number of hydrogen-bond donors (Lipinski definition) is 0. The van der Waals surface area contributed by atoms with E-state index in [2.05, 4.69) is 36.4 Å². The van der Waals surface area contributed by atoms with Gasteiger partial charge < -0.3 is 0 Å². The van der Waals surface area contributed by atoms with Crippen molar-refractivity contribution in [3.05, 3.63) is 41.5 Å². The van der Waals surface area contributed by atoms with Crippen LogP contribution in [0.3, 0.4) is 0 Å². The SMILES string of the molecule is [Hf][CH]1C=Cc2ccccc21. The molecule has 1 aliphatic carbocycles. The van der Waals surface area contributed by atoms with Crippen LogP contribution in [0.4, 0.5) is 0 Å². The van der Waals surface area contributed by atoms with Gasteiger partial charge in [-0.25, -0.2) is 0 Å². The third-order valence-electron chi connectivity index (χ3n) is 1.80. The van der Waals surface area contributed by atoms with Gasteiger partial charge in [0.25, 0.3) is 0 Å². The topological polar surface area (TPSA) is 0 Å². The molecule has 1 aromatic rings. The zero-order valence-corrected chi connectivity index (χ0v) is 9.13. The molecule has 0 bridgehead atoms. The van der Waals surface area contributed by atoms with Crippen molar-refractivity contribution in [2.75, 3.05) is 0 Å². The summed E-state index contributed by atoms with van der Waals surface area (Å²) in [7, 11) is 0. The first-order chi connectivity index (χ1) is 4.88. The quantitative estimate of drug-likeness (QED) is 0.644. The van der Waals surface area contributed by atoms with Crippen LogP contribution in [0, 0.1) is 0 Å². The van der Waals surface area contributed by atoms with Gasteiger partial charge >= 0.3 is 75.6 Å². The summed E-state index contributed by atoms with van der Waals surface area (Å²) in [5, 5.41) is 0. The van der Waals surface area contributed by atoms with Crippen molar-refractivity contribution >= 4 is 6.08 Å². The van der Waals surface area contributed by atoms with E-state index in [1.54, 1.807) is 0 Å². The van der Waals surface area contributed by atoms with Crippen LogP contribution in [-0.2, 0) is 24.4 Å². The van der Waals surface area contributed by atoms with Crippen molar-refractivity contribution in [2.45, 2.75) is 3.67 Å². The van der Waals surface area contributed by atoms with Crippen LogP contribution >= 0.6 is 0 Å². The van der Waals surface area contributed by atoms with Gasteiger partial charge in [-0.05, 0) is 0 Å². The van der Waals surface area contributed by atoms with E-state index in [1.807, 2.05) is 0 Å². The second kappa shape index (κ2) is 2.46. The maximum atomic E-state index is 2.30. The minimum atomic E-state index is 0.760. The molecule has 1 aliphatic rings. The summed E-state index contributed by atoms with van der Waals surface area (Å²) >= 11 is 1.24. The first-order valence-electron chi connectivity index (χ1n) is 3.36. The van der Waals surface area contributed by atoms with Gasteiger partial charge in [-0.1, -0.05) is 0 Å². The van der Waals surface area contributed by atoms with E-state index in [0.717, 1.165) is 3.67 Å². The predicted molar refractivity (Wildman–Crippen MR) is 38.2 cm³/mol. The van der Waals surface area contributed by atoms with E-state index in [-0.39, 0.29) is 0 Å². The second-order valence-electron chi connectivity index (χ2n) is 2.47. The number of allylic oxidation sites excluding steroid dienone is 1. The molecule has 0 amide bonds. The summed E-state index contributed by atoms with van der Waals surface area (Å²) in [6, 6.07) is 8.64. The van der Waals surface area contributed by atoms with Crippen LogP contribution in [-0.4, -0.2) is 0 Å². The molecule has 2 rings (SSSR count). The molecule has 0 aromatic heterocycles. The van der Waals surface area contributed by atoms with Crippen molar-refractivity contribution in [3.8, 4) is 0 Å². The molecular formula is C9H7Hf. The summed E-state index contributed by atoms with van der Waals surface area (Å²) in [4.78, 5) is 0. The van der Waals surface area contributed by atoms with Gasteiger partial charge in [-0.15, -0.1) is 0 Å². The van der Waals surface area contributed by atoms with Gasteiger partial charge in [0.15, 0.2) is 0 Å². The molecule has 0 heterocycles. The van der Waals surface area contributed by atoms with E-state index in [4.69, 9.17) is 0 Å². The van der Waals surface area contributed by atoms with Crippen molar-refractivity contribution in [3.63, 3.8) is 0 Å². The van der Waals surface area contributed by atoms with Gasteiger partial charge in [0.2, 0.25) is 0 Å². The van der Waals surface area contributed by atoms with Gasteiger partial charge in [-0.3, -0.25) is 0 Å². The Labute approximate surface area is 75.5 Å². The van der Waals surface area contributed by atoms with Gasteiger partial charge in [0.1, 0.15) is 0 Å². The van der Waals surface area contributed by atoms with E-state index >= 15 is 0 Å². The summed E-state index contributed by atoms with van der Waals surface area (Å²) in [5.41, 5.74) is 2.94. The Kier molecular flexibility index (Phi) is 1.61. The molecule has 0 nitrogen and oxygen atoms in total. The zero-order chi connectivity index (χ0) is 6.97. The fourth-order valence-corrected chi connectivity index (χ4v) is 2.54. The first-order valence-corrected chi connectivity index (χ1v) is 5.43. The maximum absolute atomic E-state index is 2.30. The molecule has 10 heavy (non-hydrogen) atoms. The van der Waals surface area contributed by atoms with E-state index in [9.17, 15) is 0 Å². The van der Waals surface area contributed by atoms with Crippen LogP contribution in [0.2, 0.25) is 0 Å². The number of benzene rings is 1. The molecule has 1 unspecified atom stereocenters. The van der Waals surface area contributed by atoms with Crippen LogP contribution < -0.4 is 0 Å². The minimum absolute atomic E-state index is 0.760. The summed E-state index contributed by atoms with van der Waals surface area (Å²) in [5.74, 6) is 0. The molecule has 0 radical (unpaired) electrons. The van der Waals surface area contributed by atoms with Crippen molar-refractivity contribution in [1.29, 1.82) is 0 Å². The molecule has 47 valence electrons. The van der Waals surface area contributed by atoms with Gasteiger partial charge in [0.05, 0.1) is 0 Å². The van der Waals surface area contributed by atoms with Gasteiger partial charge in [-0.2, -0.15) is 0 Å². The third kappa shape index (κ3) is 0.929. The van der Waals surface area contributed by atoms with Crippen molar-refractivity contribution < 1.29 is 24.4 Å². The molecular weight excluding hydrogens is 287 g/mol. The molecule has 0 N–H and O–H groups in total. The van der Waals surface area contributed by atoms with E-state index < -0.39 is 0 Å². The standard InChI is InChI=1S/C9H7.Hf/c1-2-5-9-7-3-6-8(9)4-1;/h1-7H;. The second-order valence-corrected chi connectivity index (χ2v) is 4.70. The Morgan fingerprint density at radius 2 is 2.00 bits per heavy atom. The molecule has 0 fully saturated rings. The molecule has 0 saturated heterocycles. The number of fused-ring (bicyclic) bond motifs is 1. The molecule has 0 aliphatic heterocycles. The fraction of sp³-hybridized carbons (Fsp3) is 0.111. The normalized spacial score (nSPS) is 20.9. The zero-order valence-electron chi connectivity index (χ0n) is 5.54. The van der Waals surface area contributed by atoms with Crippen LogP contribution in [0.5, 0.6) is 0 Å². The molecule has 1 aromatic carbocycles.